The van der Waals surface area contributed by atoms with E-state index in [1.165, 1.54) is 51.4 Å². The number of hydrogen-bond donors (Lipinski definition) is 0. The number of halogens is 1. The lowest BCUT2D eigenvalue weighted by Gasteiger charge is -2.30. The van der Waals surface area contributed by atoms with Crippen molar-refractivity contribution in [2.24, 2.45) is 5.41 Å². The summed E-state index contributed by atoms with van der Waals surface area (Å²) in [5.74, 6) is -0.234. The van der Waals surface area contributed by atoms with Gasteiger partial charge in [0.15, 0.2) is 0 Å². The van der Waals surface area contributed by atoms with Gasteiger partial charge in [-0.2, -0.15) is 0 Å². The molecular weight excluding hydrogens is 248 g/mol. The fourth-order valence-corrected chi connectivity index (χ4v) is 3.87. The molecule has 2 aliphatic carbocycles. The van der Waals surface area contributed by atoms with Gasteiger partial charge < -0.3 is 4.74 Å². The number of alkyl halides is 1. The molecule has 2 aliphatic rings. The Kier molecular flexibility index (Phi) is 4.58. The monoisotopic (exact) mass is 272 g/mol. The quantitative estimate of drug-likeness (QED) is 0.389. The molecule has 3 heteroatoms. The Morgan fingerprint density at radius 2 is 2.00 bits per heavy atom. The largest absolute Gasteiger partial charge is 0.458 e. The Hall–Kier alpha value is -0.240. The van der Waals surface area contributed by atoms with Crippen LogP contribution < -0.4 is 0 Å². The van der Waals surface area contributed by atoms with Gasteiger partial charge in [0.05, 0.1) is 0 Å². The lowest BCUT2D eigenvalue weighted by molar-refractivity contribution is -0.152. The van der Waals surface area contributed by atoms with Crippen LogP contribution in [0.3, 0.4) is 0 Å². The molecule has 0 amide bonds. The second kappa shape index (κ2) is 5.81. The number of esters is 1. The fourth-order valence-electron chi connectivity index (χ4n) is 3.82. The van der Waals surface area contributed by atoms with Crippen LogP contribution in [-0.2, 0) is 9.53 Å². The molecule has 0 aliphatic heterocycles. The Balaban J connectivity index is 1.88. The third kappa shape index (κ3) is 2.68. The van der Waals surface area contributed by atoms with Gasteiger partial charge in [0.1, 0.15) is 11.5 Å². The van der Waals surface area contributed by atoms with Crippen molar-refractivity contribution < 1.29 is 9.53 Å². The molecule has 0 aromatic carbocycles. The van der Waals surface area contributed by atoms with E-state index in [0.717, 1.165) is 12.8 Å². The van der Waals surface area contributed by atoms with Crippen molar-refractivity contribution in [1.82, 2.24) is 0 Å². The summed E-state index contributed by atoms with van der Waals surface area (Å²) in [5, 5.41) is 0. The summed E-state index contributed by atoms with van der Waals surface area (Å²) in [6.07, 6.45) is 12.3. The van der Waals surface area contributed by atoms with E-state index >= 15 is 0 Å². The van der Waals surface area contributed by atoms with Gasteiger partial charge >= 0.3 is 5.97 Å². The molecular formula is C15H25ClO2. The summed E-state index contributed by atoms with van der Waals surface area (Å²) in [4.78, 5) is 11.5. The van der Waals surface area contributed by atoms with E-state index in [-0.39, 0.29) is 17.5 Å². The van der Waals surface area contributed by atoms with Crippen molar-refractivity contribution in [3.8, 4) is 0 Å². The predicted octanol–water partition coefficient (Wildman–Crippen LogP) is 4.44. The van der Waals surface area contributed by atoms with E-state index in [4.69, 9.17) is 16.3 Å². The minimum absolute atomic E-state index is 0.00629. The van der Waals surface area contributed by atoms with Crippen LogP contribution in [0, 0.1) is 5.41 Å². The minimum atomic E-state index is -0.228. The Morgan fingerprint density at radius 1 is 1.22 bits per heavy atom. The molecule has 18 heavy (non-hydrogen) atoms. The van der Waals surface area contributed by atoms with Gasteiger partial charge in [0, 0.05) is 5.41 Å². The maximum atomic E-state index is 11.5. The summed E-state index contributed by atoms with van der Waals surface area (Å²) in [5.41, 5.74) is 0.199. The topological polar surface area (TPSA) is 26.3 Å². The zero-order valence-electron chi connectivity index (χ0n) is 11.5. The van der Waals surface area contributed by atoms with Crippen LogP contribution in [0.4, 0.5) is 0 Å². The molecule has 2 atom stereocenters. The second-order valence-corrected chi connectivity index (χ2v) is 6.34. The smallest absolute Gasteiger partial charge is 0.321 e. The first kappa shape index (κ1) is 14.2. The molecule has 0 radical (unpaired) electrons. The van der Waals surface area contributed by atoms with E-state index < -0.39 is 0 Å². The van der Waals surface area contributed by atoms with E-state index in [0.29, 0.717) is 5.41 Å². The molecule has 2 fully saturated rings. The number of carbonyl (C=O) groups excluding carboxylic acids is 1. The van der Waals surface area contributed by atoms with Gasteiger partial charge in [-0.1, -0.05) is 39.0 Å². The number of carbonyl (C=O) groups is 1. The molecule has 0 heterocycles. The zero-order valence-corrected chi connectivity index (χ0v) is 12.2. The van der Waals surface area contributed by atoms with Crippen LogP contribution >= 0.6 is 11.6 Å². The number of ether oxygens (including phenoxy) is 1. The van der Waals surface area contributed by atoms with Gasteiger partial charge in [-0.25, -0.2) is 0 Å². The van der Waals surface area contributed by atoms with E-state index in [9.17, 15) is 4.79 Å². The van der Waals surface area contributed by atoms with Gasteiger partial charge in [-0.15, -0.1) is 11.6 Å². The first-order valence-electron chi connectivity index (χ1n) is 7.46. The molecule has 2 unspecified atom stereocenters. The average Bonchev–Trinajstić information content (AvgIpc) is 3.03. The fraction of sp³-hybridized carbons (Fsp3) is 0.933. The van der Waals surface area contributed by atoms with Crippen LogP contribution in [-0.4, -0.2) is 17.5 Å². The molecule has 2 nitrogen and oxygen atoms in total. The minimum Gasteiger partial charge on any atom is -0.458 e. The third-order valence-corrected chi connectivity index (χ3v) is 5.10. The van der Waals surface area contributed by atoms with Crippen molar-refractivity contribution in [3.05, 3.63) is 0 Å². The van der Waals surface area contributed by atoms with E-state index in [1.54, 1.807) is 0 Å². The van der Waals surface area contributed by atoms with Gasteiger partial charge in [0.2, 0.25) is 0 Å². The SMILES string of the molecule is CCCCCCC12CCCCC1(OC(=O)CCl)C2. The number of rotatable bonds is 7. The molecule has 104 valence electrons. The summed E-state index contributed by atoms with van der Waals surface area (Å²) >= 11 is 5.57. The van der Waals surface area contributed by atoms with Crippen molar-refractivity contribution in [3.63, 3.8) is 0 Å². The van der Waals surface area contributed by atoms with Crippen molar-refractivity contribution in [2.45, 2.75) is 76.7 Å². The van der Waals surface area contributed by atoms with Crippen molar-refractivity contribution in [1.29, 1.82) is 0 Å². The first-order chi connectivity index (χ1) is 8.68. The number of hydrogen-bond acceptors (Lipinski definition) is 2. The second-order valence-electron chi connectivity index (χ2n) is 6.08. The highest BCUT2D eigenvalue weighted by Crippen LogP contribution is 2.69. The Bertz CT molecular complexity index is 305. The van der Waals surface area contributed by atoms with E-state index in [2.05, 4.69) is 6.92 Å². The zero-order chi connectivity index (χ0) is 13.1. The van der Waals surface area contributed by atoms with Crippen molar-refractivity contribution in [2.75, 3.05) is 5.88 Å². The molecule has 0 bridgehead atoms. The van der Waals surface area contributed by atoms with Gasteiger partial charge in [-0.05, 0) is 32.1 Å². The molecule has 2 saturated carbocycles. The van der Waals surface area contributed by atoms with Crippen LogP contribution in [0.5, 0.6) is 0 Å². The van der Waals surface area contributed by atoms with Gasteiger partial charge in [-0.3, -0.25) is 4.79 Å². The van der Waals surface area contributed by atoms with Crippen LogP contribution in [0.1, 0.15) is 71.1 Å². The van der Waals surface area contributed by atoms with Crippen LogP contribution in [0.25, 0.3) is 0 Å². The lowest BCUT2D eigenvalue weighted by atomic mass is 9.82. The molecule has 0 aromatic heterocycles. The van der Waals surface area contributed by atoms with Crippen molar-refractivity contribution >= 4 is 17.6 Å². The van der Waals surface area contributed by atoms with E-state index in [1.807, 2.05) is 0 Å². The normalized spacial score (nSPS) is 33.9. The lowest BCUT2D eigenvalue weighted by Crippen LogP contribution is -2.31. The third-order valence-electron chi connectivity index (χ3n) is 4.88. The highest BCUT2D eigenvalue weighted by atomic mass is 35.5. The molecule has 0 N–H and O–H groups in total. The highest BCUT2D eigenvalue weighted by molar-refractivity contribution is 6.26. The number of fused-ring (bicyclic) bond motifs is 1. The molecule has 0 aromatic rings. The highest BCUT2D eigenvalue weighted by Gasteiger charge is 2.69. The summed E-state index contributed by atoms with van der Waals surface area (Å²) in [7, 11) is 0. The maximum absolute atomic E-state index is 11.5. The Morgan fingerprint density at radius 3 is 2.72 bits per heavy atom. The van der Waals surface area contributed by atoms with Crippen LogP contribution in [0.15, 0.2) is 0 Å². The Labute approximate surface area is 115 Å². The molecule has 0 spiro atoms. The van der Waals surface area contributed by atoms with Crippen LogP contribution in [0.2, 0.25) is 0 Å². The number of unbranched alkanes of at least 4 members (excludes halogenated alkanes) is 3. The maximum Gasteiger partial charge on any atom is 0.321 e. The molecule has 2 rings (SSSR count). The predicted molar refractivity (Wildman–Crippen MR) is 73.8 cm³/mol. The standard InChI is InChI=1S/C15H25ClO2/c1-2-3-4-5-8-14-9-6-7-10-15(14,12-14)18-13(17)11-16/h2-12H2,1H3. The molecule has 0 saturated heterocycles. The first-order valence-corrected chi connectivity index (χ1v) is 7.99. The summed E-state index contributed by atoms with van der Waals surface area (Å²) in [6.45, 7) is 2.24. The summed E-state index contributed by atoms with van der Waals surface area (Å²) < 4.78 is 5.69. The average molecular weight is 273 g/mol. The summed E-state index contributed by atoms with van der Waals surface area (Å²) in [6, 6.07) is 0. The van der Waals surface area contributed by atoms with Gasteiger partial charge in [0.25, 0.3) is 0 Å².